The van der Waals surface area contributed by atoms with Gasteiger partial charge in [0.05, 0.1) is 0 Å². The van der Waals surface area contributed by atoms with Crippen molar-refractivity contribution in [2.24, 2.45) is 23.7 Å². The maximum atomic E-state index is 10.2. The topological polar surface area (TPSA) is 57.2 Å². The molecule has 2 bridgehead atoms. The van der Waals surface area contributed by atoms with Gasteiger partial charge in [0.25, 0.3) is 0 Å². The summed E-state index contributed by atoms with van der Waals surface area (Å²) in [5.41, 5.74) is -0.549. The molecule has 5 unspecified atom stereocenters. The van der Waals surface area contributed by atoms with E-state index in [1.165, 1.54) is 6.42 Å². The van der Waals surface area contributed by atoms with Crippen LogP contribution >= 0.6 is 0 Å². The predicted octanol–water partition coefficient (Wildman–Crippen LogP) is 2.19. The van der Waals surface area contributed by atoms with Crippen LogP contribution in [0.4, 0.5) is 0 Å². The lowest BCUT2D eigenvalue weighted by atomic mass is 9.58. The minimum atomic E-state index is -0.781. The van der Waals surface area contributed by atoms with Crippen molar-refractivity contribution in [3.05, 3.63) is 0 Å². The first-order chi connectivity index (χ1) is 9.46. The second kappa shape index (κ2) is 4.17. The molecule has 0 aromatic heterocycles. The van der Waals surface area contributed by atoms with Crippen LogP contribution in [0.5, 0.6) is 0 Å². The fourth-order valence-corrected chi connectivity index (χ4v) is 4.89. The molecule has 1 spiro atoms. The number of fused-ring (bicyclic) bond motifs is 2. The smallest absolute Gasteiger partial charge is 0.201 e. The van der Waals surface area contributed by atoms with Crippen LogP contribution in [0, 0.1) is 23.7 Å². The third-order valence-corrected chi connectivity index (χ3v) is 6.12. The molecule has 5 aliphatic rings. The predicted molar refractivity (Wildman–Crippen MR) is 69.0 cm³/mol. The highest BCUT2D eigenvalue weighted by Crippen LogP contribution is 2.60. The van der Waals surface area contributed by atoms with Gasteiger partial charge in [-0.05, 0) is 38.0 Å². The number of rotatable bonds is 0. The van der Waals surface area contributed by atoms with Gasteiger partial charge in [-0.2, -0.15) is 0 Å². The summed E-state index contributed by atoms with van der Waals surface area (Å²) in [6.45, 7) is 6.22. The number of hydrogen-bond donors (Lipinski definition) is 1. The lowest BCUT2D eigenvalue weighted by Crippen LogP contribution is -2.70. The second-order valence-electron chi connectivity index (χ2n) is 7.30. The summed E-state index contributed by atoms with van der Waals surface area (Å²) >= 11 is 0. The first kappa shape index (κ1) is 13.5. The van der Waals surface area contributed by atoms with Gasteiger partial charge in [-0.3, -0.25) is 0 Å². The SMILES string of the molecule is CC1CC[C@H]2[C@@H](C)C(O)OC3OC4(C)CC[C@@H]1C32OO4. The maximum absolute atomic E-state index is 10.2. The molecule has 20 heavy (non-hydrogen) atoms. The van der Waals surface area contributed by atoms with E-state index in [-0.39, 0.29) is 11.8 Å². The Balaban J connectivity index is 1.82. The third kappa shape index (κ3) is 1.56. The minimum Gasteiger partial charge on any atom is -0.368 e. The van der Waals surface area contributed by atoms with E-state index in [1.54, 1.807) is 0 Å². The minimum absolute atomic E-state index is 0.0379. The summed E-state index contributed by atoms with van der Waals surface area (Å²) in [5.74, 6) is 0.437. The first-order valence-corrected chi connectivity index (χ1v) is 7.84. The van der Waals surface area contributed by atoms with Crippen LogP contribution in [-0.4, -0.2) is 29.1 Å². The average Bonchev–Trinajstić information content (AvgIpc) is 2.63. The van der Waals surface area contributed by atoms with Crippen LogP contribution in [0.2, 0.25) is 0 Å². The van der Waals surface area contributed by atoms with E-state index in [1.807, 2.05) is 13.8 Å². The van der Waals surface area contributed by atoms with Gasteiger partial charge in [-0.15, -0.1) is 0 Å². The van der Waals surface area contributed by atoms with Crippen LogP contribution in [0.1, 0.15) is 46.5 Å². The van der Waals surface area contributed by atoms with E-state index in [9.17, 15) is 5.11 Å². The molecule has 0 radical (unpaired) electrons. The van der Waals surface area contributed by atoms with Gasteiger partial charge in [0.2, 0.25) is 5.79 Å². The summed E-state index contributed by atoms with van der Waals surface area (Å²) in [4.78, 5) is 11.6. The summed E-state index contributed by atoms with van der Waals surface area (Å²) in [6.07, 6.45) is 2.72. The van der Waals surface area contributed by atoms with E-state index in [0.717, 1.165) is 19.3 Å². The first-order valence-electron chi connectivity index (χ1n) is 7.84. The Morgan fingerprint density at radius 3 is 2.65 bits per heavy atom. The number of aliphatic hydroxyl groups is 1. The zero-order valence-electron chi connectivity index (χ0n) is 12.4. The molecular formula is C15H24O5. The van der Waals surface area contributed by atoms with E-state index in [0.29, 0.717) is 11.8 Å². The van der Waals surface area contributed by atoms with Crippen molar-refractivity contribution < 1.29 is 24.4 Å². The van der Waals surface area contributed by atoms with Gasteiger partial charge in [-0.1, -0.05) is 13.8 Å². The van der Waals surface area contributed by atoms with E-state index < -0.39 is 24.0 Å². The average molecular weight is 284 g/mol. The van der Waals surface area contributed by atoms with Gasteiger partial charge in [0.15, 0.2) is 18.2 Å². The molecule has 1 aliphatic carbocycles. The molecule has 5 nitrogen and oxygen atoms in total. The molecular weight excluding hydrogens is 260 g/mol. The van der Waals surface area contributed by atoms with Crippen molar-refractivity contribution in [3.8, 4) is 0 Å². The zero-order chi connectivity index (χ0) is 14.1. The van der Waals surface area contributed by atoms with E-state index in [2.05, 4.69) is 6.92 Å². The molecule has 4 heterocycles. The van der Waals surface area contributed by atoms with Gasteiger partial charge in [-0.25, -0.2) is 9.78 Å². The van der Waals surface area contributed by atoms with Gasteiger partial charge >= 0.3 is 0 Å². The van der Waals surface area contributed by atoms with Crippen LogP contribution in [0.25, 0.3) is 0 Å². The number of hydrogen-bond acceptors (Lipinski definition) is 5. The van der Waals surface area contributed by atoms with Crippen molar-refractivity contribution in [1.29, 1.82) is 0 Å². The molecule has 1 N–H and O–H groups in total. The van der Waals surface area contributed by atoms with E-state index >= 15 is 0 Å². The third-order valence-electron chi connectivity index (χ3n) is 6.12. The highest BCUT2D eigenvalue weighted by atomic mass is 17.3. The largest absolute Gasteiger partial charge is 0.368 e. The molecule has 8 atom stereocenters. The van der Waals surface area contributed by atoms with Gasteiger partial charge in [0.1, 0.15) is 0 Å². The standard InChI is InChI=1S/C15H24O5/c1-8-4-5-11-9(2)12(16)17-13-15(11)10(8)6-7-14(3,18-13)19-20-15/h8-13,16H,4-7H2,1-3H3/t8?,9-,10+,11+,12?,13?,14?,15?/m1/s1. The summed E-state index contributed by atoms with van der Waals surface area (Å²) in [5, 5.41) is 10.2. The number of ether oxygens (including phenoxy) is 2. The Morgan fingerprint density at radius 1 is 1.05 bits per heavy atom. The Hall–Kier alpha value is -0.200. The molecule has 5 rings (SSSR count). The lowest BCUT2D eigenvalue weighted by molar-refractivity contribution is -0.576. The molecule has 4 aliphatic heterocycles. The van der Waals surface area contributed by atoms with Crippen LogP contribution in [0.15, 0.2) is 0 Å². The Labute approximate surface area is 119 Å². The number of aliphatic hydroxyl groups excluding tert-OH is 1. The van der Waals surface area contributed by atoms with Gasteiger partial charge in [0, 0.05) is 18.3 Å². The monoisotopic (exact) mass is 284 g/mol. The molecule has 5 heteroatoms. The Kier molecular flexibility index (Phi) is 2.81. The fraction of sp³-hybridized carbons (Fsp3) is 1.00. The molecule has 0 aromatic carbocycles. The molecule has 4 saturated heterocycles. The van der Waals surface area contributed by atoms with Crippen molar-refractivity contribution >= 4 is 0 Å². The van der Waals surface area contributed by atoms with Crippen molar-refractivity contribution in [2.45, 2.75) is 70.4 Å². The lowest BCUT2D eigenvalue weighted by Gasteiger charge is -2.59. The van der Waals surface area contributed by atoms with Crippen LogP contribution in [-0.2, 0) is 19.2 Å². The molecule has 1 saturated carbocycles. The Bertz CT molecular complexity index is 411. The molecule has 0 aromatic rings. The Morgan fingerprint density at radius 2 is 1.85 bits per heavy atom. The summed E-state index contributed by atoms with van der Waals surface area (Å²) in [7, 11) is 0. The van der Waals surface area contributed by atoms with Crippen LogP contribution < -0.4 is 0 Å². The molecule has 114 valence electrons. The fourth-order valence-electron chi connectivity index (χ4n) is 4.89. The normalized spacial score (nSPS) is 61.8. The highest BCUT2D eigenvalue weighted by molar-refractivity contribution is 5.08. The maximum Gasteiger partial charge on any atom is 0.201 e. The van der Waals surface area contributed by atoms with E-state index in [4.69, 9.17) is 19.2 Å². The van der Waals surface area contributed by atoms with Crippen molar-refractivity contribution in [2.75, 3.05) is 0 Å². The zero-order valence-corrected chi connectivity index (χ0v) is 12.4. The van der Waals surface area contributed by atoms with Crippen molar-refractivity contribution in [1.82, 2.24) is 0 Å². The molecule has 5 fully saturated rings. The summed E-state index contributed by atoms with van der Waals surface area (Å²) in [6, 6.07) is 0. The van der Waals surface area contributed by atoms with Crippen molar-refractivity contribution in [3.63, 3.8) is 0 Å². The second-order valence-corrected chi connectivity index (χ2v) is 7.30. The highest BCUT2D eigenvalue weighted by Gasteiger charge is 2.69. The molecule has 0 amide bonds. The van der Waals surface area contributed by atoms with Crippen LogP contribution in [0.3, 0.4) is 0 Å². The summed E-state index contributed by atoms with van der Waals surface area (Å²) < 4.78 is 11.9. The quantitative estimate of drug-likeness (QED) is 0.691. The van der Waals surface area contributed by atoms with Gasteiger partial charge < -0.3 is 14.6 Å².